The minimum absolute atomic E-state index is 0.0826. The molecule has 0 amide bonds. The van der Waals surface area contributed by atoms with Crippen molar-refractivity contribution in [1.29, 1.82) is 0 Å². The number of carbonyl (C=O) groups is 1. The van der Waals surface area contributed by atoms with Gasteiger partial charge < -0.3 is 10.2 Å². The average molecular weight is 600 g/mol. The number of rotatable bonds is 13. The number of aryl methyl sites for hydroxylation is 1. The van der Waals surface area contributed by atoms with E-state index in [1.807, 2.05) is 74.1 Å². The maximum absolute atomic E-state index is 11.5. The Kier molecular flexibility index (Phi) is 9.41. The van der Waals surface area contributed by atoms with Crippen LogP contribution >= 0.6 is 23.4 Å². The van der Waals surface area contributed by atoms with Gasteiger partial charge in [-0.05, 0) is 91.0 Å². The molecule has 2 atom stereocenters. The van der Waals surface area contributed by atoms with Crippen molar-refractivity contribution in [1.82, 2.24) is 4.98 Å². The van der Waals surface area contributed by atoms with Gasteiger partial charge in [-0.3, -0.25) is 4.79 Å². The highest BCUT2D eigenvalue weighted by Gasteiger charge is 2.44. The van der Waals surface area contributed by atoms with E-state index in [0.717, 1.165) is 59.2 Å². The van der Waals surface area contributed by atoms with E-state index in [4.69, 9.17) is 16.6 Å². The quantitative estimate of drug-likeness (QED) is 0.160. The third-order valence-corrected chi connectivity index (χ3v) is 10.4. The number of thioether (sulfide) groups is 1. The van der Waals surface area contributed by atoms with Gasteiger partial charge in [0.25, 0.3) is 0 Å². The standard InChI is InChI=1S/C36H38ClNO3S/c1-3-35(2,41)31-10-5-4-8-26(31)14-18-33(42-24-36(19-20-36)23-34(39)40)28-9-6-7-25(21-28)11-16-30-17-13-27-12-15-29(37)22-32(27)38-30/h4-13,15-17,21-22,33,41H,3,14,18-20,23-24H2,1-2H3,(H,39,40)/t33-,35?/m1/s1. The van der Waals surface area contributed by atoms with E-state index < -0.39 is 11.6 Å². The molecule has 6 heteroatoms. The van der Waals surface area contributed by atoms with Crippen LogP contribution < -0.4 is 0 Å². The van der Waals surface area contributed by atoms with Gasteiger partial charge in [0.2, 0.25) is 0 Å². The number of halogens is 1. The number of aliphatic hydroxyl groups is 1. The topological polar surface area (TPSA) is 70.4 Å². The Balaban J connectivity index is 1.38. The Morgan fingerprint density at radius 1 is 1.07 bits per heavy atom. The van der Waals surface area contributed by atoms with Crippen molar-refractivity contribution in [2.24, 2.45) is 5.41 Å². The van der Waals surface area contributed by atoms with Crippen molar-refractivity contribution in [3.8, 4) is 0 Å². The van der Waals surface area contributed by atoms with E-state index in [-0.39, 0.29) is 17.1 Å². The molecule has 1 heterocycles. The number of benzene rings is 3. The first-order valence-electron chi connectivity index (χ1n) is 14.6. The summed E-state index contributed by atoms with van der Waals surface area (Å²) in [6, 6.07) is 26.6. The maximum atomic E-state index is 11.5. The van der Waals surface area contributed by atoms with Crippen LogP contribution in [0.15, 0.2) is 78.9 Å². The molecule has 3 aromatic carbocycles. The van der Waals surface area contributed by atoms with Crippen LogP contribution in [0.5, 0.6) is 0 Å². The van der Waals surface area contributed by atoms with Gasteiger partial charge >= 0.3 is 5.97 Å². The fourth-order valence-electron chi connectivity index (χ4n) is 5.48. The summed E-state index contributed by atoms with van der Waals surface area (Å²) >= 11 is 8.05. The first-order chi connectivity index (χ1) is 20.2. The summed E-state index contributed by atoms with van der Waals surface area (Å²) in [6.07, 6.45) is 8.68. The second kappa shape index (κ2) is 13.0. The predicted octanol–water partition coefficient (Wildman–Crippen LogP) is 9.34. The van der Waals surface area contributed by atoms with Crippen molar-refractivity contribution >= 4 is 52.4 Å². The molecule has 0 aliphatic heterocycles. The number of aromatic nitrogens is 1. The SMILES string of the molecule is CCC(C)(O)c1ccccc1CC[C@@H](SCC1(CC(=O)O)CC1)c1cccc(C=Cc2ccc3ccc(Cl)cc3n2)c1. The second-order valence-electron chi connectivity index (χ2n) is 11.8. The molecule has 5 rings (SSSR count). The molecule has 4 nitrogen and oxygen atoms in total. The van der Waals surface area contributed by atoms with Crippen molar-refractivity contribution in [2.75, 3.05) is 5.75 Å². The van der Waals surface area contributed by atoms with Gasteiger partial charge in [0, 0.05) is 21.4 Å². The fourth-order valence-corrected chi connectivity index (χ4v) is 7.21. The number of nitrogens with zero attached hydrogens (tertiary/aromatic N) is 1. The number of fused-ring (bicyclic) bond motifs is 1. The summed E-state index contributed by atoms with van der Waals surface area (Å²) in [6.45, 7) is 3.89. The van der Waals surface area contributed by atoms with Crippen LogP contribution in [-0.2, 0) is 16.8 Å². The Hall–Kier alpha value is -3.12. The molecule has 0 bridgehead atoms. The van der Waals surface area contributed by atoms with Crippen LogP contribution in [0.2, 0.25) is 5.02 Å². The van der Waals surface area contributed by atoms with Gasteiger partial charge in [0.15, 0.2) is 0 Å². The number of aliphatic carboxylic acids is 1. The number of hydrogen-bond donors (Lipinski definition) is 2. The minimum atomic E-state index is -0.869. The summed E-state index contributed by atoms with van der Waals surface area (Å²) in [4.78, 5) is 16.3. The number of pyridine rings is 1. The molecule has 4 aromatic rings. The Morgan fingerprint density at radius 2 is 1.86 bits per heavy atom. The molecule has 1 aromatic heterocycles. The van der Waals surface area contributed by atoms with Crippen LogP contribution in [-0.4, -0.2) is 26.9 Å². The highest BCUT2D eigenvalue weighted by molar-refractivity contribution is 7.99. The molecule has 1 fully saturated rings. The highest BCUT2D eigenvalue weighted by atomic mass is 35.5. The van der Waals surface area contributed by atoms with Gasteiger partial charge in [-0.2, -0.15) is 11.8 Å². The second-order valence-corrected chi connectivity index (χ2v) is 13.4. The average Bonchev–Trinajstić information content (AvgIpc) is 3.74. The molecule has 2 N–H and O–H groups in total. The molecule has 0 radical (unpaired) electrons. The fraction of sp³-hybridized carbons (Fsp3) is 0.333. The smallest absolute Gasteiger partial charge is 0.303 e. The van der Waals surface area contributed by atoms with Crippen molar-refractivity contribution < 1.29 is 15.0 Å². The lowest BCUT2D eigenvalue weighted by molar-refractivity contribution is -0.138. The van der Waals surface area contributed by atoms with Crippen molar-refractivity contribution in [3.63, 3.8) is 0 Å². The maximum Gasteiger partial charge on any atom is 0.303 e. The molecular formula is C36H38ClNO3S. The Bertz CT molecular complexity index is 1590. The van der Waals surface area contributed by atoms with Crippen LogP contribution in [0.25, 0.3) is 23.1 Å². The van der Waals surface area contributed by atoms with E-state index >= 15 is 0 Å². The first-order valence-corrected chi connectivity index (χ1v) is 16.1. The summed E-state index contributed by atoms with van der Waals surface area (Å²) in [7, 11) is 0. The first kappa shape index (κ1) is 30.3. The predicted molar refractivity (Wildman–Crippen MR) is 176 cm³/mol. The third-order valence-electron chi connectivity index (χ3n) is 8.44. The summed E-state index contributed by atoms with van der Waals surface area (Å²) < 4.78 is 0. The number of hydrogen-bond acceptors (Lipinski definition) is 4. The van der Waals surface area contributed by atoms with Gasteiger partial charge in [-0.25, -0.2) is 4.98 Å². The van der Waals surface area contributed by atoms with E-state index in [2.05, 4.69) is 42.5 Å². The zero-order chi connectivity index (χ0) is 29.7. The van der Waals surface area contributed by atoms with E-state index in [0.29, 0.717) is 11.4 Å². The van der Waals surface area contributed by atoms with Gasteiger partial charge in [-0.1, -0.05) is 85.3 Å². The van der Waals surface area contributed by atoms with E-state index in [1.54, 1.807) is 0 Å². The lowest BCUT2D eigenvalue weighted by Crippen LogP contribution is -2.21. The molecule has 1 unspecified atom stereocenters. The molecule has 1 aliphatic rings. The van der Waals surface area contributed by atoms with Crippen molar-refractivity contribution in [2.45, 2.75) is 63.2 Å². The summed E-state index contributed by atoms with van der Waals surface area (Å²) in [5.41, 5.74) is 5.25. The normalized spacial score (nSPS) is 16.4. The van der Waals surface area contributed by atoms with E-state index in [1.165, 1.54) is 11.1 Å². The lowest BCUT2D eigenvalue weighted by atomic mass is 9.87. The highest BCUT2D eigenvalue weighted by Crippen LogP contribution is 2.53. The molecule has 218 valence electrons. The Morgan fingerprint density at radius 3 is 2.62 bits per heavy atom. The summed E-state index contributed by atoms with van der Waals surface area (Å²) in [5, 5.41) is 22.4. The van der Waals surface area contributed by atoms with Crippen LogP contribution in [0, 0.1) is 5.41 Å². The zero-order valence-corrected chi connectivity index (χ0v) is 25.8. The Labute approximate surface area is 257 Å². The number of carboxylic acids is 1. The molecule has 0 spiro atoms. The van der Waals surface area contributed by atoms with Crippen LogP contribution in [0.1, 0.15) is 79.1 Å². The van der Waals surface area contributed by atoms with Crippen LogP contribution in [0.3, 0.4) is 0 Å². The molecule has 0 saturated heterocycles. The van der Waals surface area contributed by atoms with Gasteiger partial charge in [0.1, 0.15) is 0 Å². The van der Waals surface area contributed by atoms with E-state index in [9.17, 15) is 15.0 Å². The molecule has 1 aliphatic carbocycles. The number of carboxylic acid groups (broad SMARTS) is 1. The lowest BCUT2D eigenvalue weighted by Gasteiger charge is -2.26. The third kappa shape index (κ3) is 7.63. The van der Waals surface area contributed by atoms with Crippen molar-refractivity contribution in [3.05, 3.63) is 112 Å². The van der Waals surface area contributed by atoms with Crippen LogP contribution in [0.4, 0.5) is 0 Å². The largest absolute Gasteiger partial charge is 0.481 e. The van der Waals surface area contributed by atoms with Gasteiger partial charge in [-0.15, -0.1) is 0 Å². The summed E-state index contributed by atoms with van der Waals surface area (Å²) in [5.74, 6) is 0.124. The molecule has 42 heavy (non-hydrogen) atoms. The molecule has 1 saturated carbocycles. The molecular weight excluding hydrogens is 562 g/mol. The van der Waals surface area contributed by atoms with Gasteiger partial charge in [0.05, 0.1) is 23.2 Å². The minimum Gasteiger partial charge on any atom is -0.481 e. The monoisotopic (exact) mass is 599 g/mol. The zero-order valence-electron chi connectivity index (χ0n) is 24.2.